The second-order valence-corrected chi connectivity index (χ2v) is 7.99. The molecule has 138 valence electrons. The Kier molecular flexibility index (Phi) is 6.10. The molecule has 3 rings (SSSR count). The number of aryl methyl sites for hydroxylation is 1. The summed E-state index contributed by atoms with van der Waals surface area (Å²) in [6.07, 6.45) is 10.2. The molecule has 1 saturated carbocycles. The van der Waals surface area contributed by atoms with Gasteiger partial charge in [-0.1, -0.05) is 31.7 Å². The van der Waals surface area contributed by atoms with E-state index in [1.165, 1.54) is 38.5 Å². The van der Waals surface area contributed by atoms with Crippen molar-refractivity contribution >= 4 is 5.91 Å². The molecule has 1 aliphatic heterocycles. The summed E-state index contributed by atoms with van der Waals surface area (Å²) in [5.41, 5.74) is 1.84. The summed E-state index contributed by atoms with van der Waals surface area (Å²) in [7, 11) is 0. The van der Waals surface area contributed by atoms with E-state index < -0.39 is 0 Å². The Balaban J connectivity index is 1.67. The molecule has 4 heteroatoms. The van der Waals surface area contributed by atoms with Gasteiger partial charge in [-0.25, -0.2) is 0 Å². The molecule has 25 heavy (non-hydrogen) atoms. The Morgan fingerprint density at radius 3 is 2.52 bits per heavy atom. The van der Waals surface area contributed by atoms with Crippen molar-refractivity contribution < 1.29 is 4.79 Å². The molecule has 2 heterocycles. The predicted octanol–water partition coefficient (Wildman–Crippen LogP) is 3.63. The van der Waals surface area contributed by atoms with Crippen LogP contribution in [-0.2, 0) is 11.2 Å². The zero-order valence-electron chi connectivity index (χ0n) is 15.9. The minimum absolute atomic E-state index is 0.116. The van der Waals surface area contributed by atoms with Gasteiger partial charge in [0.25, 0.3) is 0 Å². The van der Waals surface area contributed by atoms with Crippen LogP contribution in [0.1, 0.15) is 69.7 Å². The molecule has 1 atom stereocenters. The van der Waals surface area contributed by atoms with E-state index >= 15 is 0 Å². The molecule has 1 aliphatic carbocycles. The molecule has 1 aromatic rings. The van der Waals surface area contributed by atoms with Gasteiger partial charge in [0.2, 0.25) is 5.91 Å². The first kappa shape index (κ1) is 18.4. The monoisotopic (exact) mass is 343 g/mol. The lowest BCUT2D eigenvalue weighted by molar-refractivity contribution is -0.137. The average Bonchev–Trinajstić information content (AvgIpc) is 2.63. The molecule has 1 N–H and O–H groups in total. The second-order valence-electron chi connectivity index (χ2n) is 7.99. The Labute approximate surface area is 152 Å². The summed E-state index contributed by atoms with van der Waals surface area (Å²) in [5, 5.41) is 3.34. The average molecular weight is 344 g/mol. The van der Waals surface area contributed by atoms with Gasteiger partial charge in [0.1, 0.15) is 5.54 Å². The van der Waals surface area contributed by atoms with Gasteiger partial charge in [-0.15, -0.1) is 0 Å². The van der Waals surface area contributed by atoms with E-state index in [2.05, 4.69) is 28.2 Å². The van der Waals surface area contributed by atoms with Crippen molar-refractivity contribution in [1.29, 1.82) is 0 Å². The van der Waals surface area contributed by atoms with Gasteiger partial charge < -0.3 is 5.32 Å². The zero-order chi connectivity index (χ0) is 17.7. The highest BCUT2D eigenvalue weighted by Gasteiger charge is 2.45. The number of piperidine rings is 1. The third-order valence-corrected chi connectivity index (χ3v) is 5.90. The normalized spacial score (nSPS) is 22.3. The van der Waals surface area contributed by atoms with Gasteiger partial charge in [-0.05, 0) is 64.8 Å². The fraction of sp³-hybridized carbons (Fsp3) is 0.714. The van der Waals surface area contributed by atoms with Gasteiger partial charge in [0.05, 0.1) is 0 Å². The number of aromatic nitrogens is 1. The fourth-order valence-electron chi connectivity index (χ4n) is 4.58. The maximum atomic E-state index is 13.3. The first-order valence-corrected chi connectivity index (χ1v) is 10.1. The summed E-state index contributed by atoms with van der Waals surface area (Å²) in [4.78, 5) is 20.4. The lowest BCUT2D eigenvalue weighted by atomic mass is 9.78. The number of hydrogen-bond donors (Lipinski definition) is 1. The van der Waals surface area contributed by atoms with Crippen molar-refractivity contribution in [1.82, 2.24) is 15.2 Å². The van der Waals surface area contributed by atoms with Crippen LogP contribution < -0.4 is 5.32 Å². The van der Waals surface area contributed by atoms with Crippen molar-refractivity contribution in [3.63, 3.8) is 0 Å². The number of carbonyl (C=O) groups is 1. The van der Waals surface area contributed by atoms with Gasteiger partial charge in [0.15, 0.2) is 0 Å². The molecule has 0 bridgehead atoms. The van der Waals surface area contributed by atoms with Gasteiger partial charge in [0, 0.05) is 23.9 Å². The van der Waals surface area contributed by atoms with Crippen molar-refractivity contribution in [3.05, 3.63) is 29.6 Å². The number of hydrogen-bond acceptors (Lipinski definition) is 3. The second kappa shape index (κ2) is 8.31. The van der Waals surface area contributed by atoms with Gasteiger partial charge in [-0.2, -0.15) is 0 Å². The molecule has 0 aromatic carbocycles. The zero-order valence-corrected chi connectivity index (χ0v) is 15.9. The Hall–Kier alpha value is -1.42. The number of likely N-dealkylation sites (tertiary alicyclic amines) is 1. The standard InChI is InChI=1S/C21H33N3O/c1-17-10-9-11-19(22-17)16-18(2)23-20(25)21(12-5-3-6-13-21)24-14-7-4-8-15-24/h9-11,18H,3-8,12-16H2,1-2H3,(H,23,25)/t18-/m0/s1. The Morgan fingerprint density at radius 2 is 1.84 bits per heavy atom. The van der Waals surface area contributed by atoms with Crippen molar-refractivity contribution in [2.75, 3.05) is 13.1 Å². The van der Waals surface area contributed by atoms with E-state index in [1.54, 1.807) is 0 Å². The highest BCUT2D eigenvalue weighted by Crippen LogP contribution is 2.36. The van der Waals surface area contributed by atoms with Gasteiger partial charge >= 0.3 is 0 Å². The molecule has 0 unspecified atom stereocenters. The molecule has 1 amide bonds. The summed E-state index contributed by atoms with van der Waals surface area (Å²) in [6.45, 7) is 6.29. The number of amides is 1. The molecular weight excluding hydrogens is 310 g/mol. The molecule has 2 fully saturated rings. The summed E-state index contributed by atoms with van der Waals surface area (Å²) in [5.74, 6) is 0.259. The molecule has 4 nitrogen and oxygen atoms in total. The third-order valence-electron chi connectivity index (χ3n) is 5.90. The number of nitrogens with one attached hydrogen (secondary N) is 1. The van der Waals surface area contributed by atoms with E-state index in [-0.39, 0.29) is 17.5 Å². The first-order valence-electron chi connectivity index (χ1n) is 10.1. The molecular formula is C21H33N3O. The van der Waals surface area contributed by atoms with Crippen LogP contribution in [-0.4, -0.2) is 40.5 Å². The van der Waals surface area contributed by atoms with Crippen LogP contribution in [0, 0.1) is 6.92 Å². The molecule has 2 aliphatic rings. The number of rotatable bonds is 5. The minimum Gasteiger partial charge on any atom is -0.352 e. The molecule has 1 aromatic heterocycles. The summed E-state index contributed by atoms with van der Waals surface area (Å²) < 4.78 is 0. The first-order chi connectivity index (χ1) is 12.1. The third kappa shape index (κ3) is 4.41. The maximum absolute atomic E-state index is 13.3. The van der Waals surface area contributed by atoms with Crippen molar-refractivity contribution in [2.45, 2.75) is 83.2 Å². The van der Waals surface area contributed by atoms with Crippen molar-refractivity contribution in [2.24, 2.45) is 0 Å². The van der Waals surface area contributed by atoms with Crippen LogP contribution in [0.3, 0.4) is 0 Å². The highest BCUT2D eigenvalue weighted by molar-refractivity contribution is 5.86. The van der Waals surface area contributed by atoms with E-state index in [4.69, 9.17) is 0 Å². The summed E-state index contributed by atoms with van der Waals surface area (Å²) in [6, 6.07) is 6.23. The van der Waals surface area contributed by atoms with Crippen LogP contribution in [0.5, 0.6) is 0 Å². The van der Waals surface area contributed by atoms with Crippen LogP contribution in [0.2, 0.25) is 0 Å². The highest BCUT2D eigenvalue weighted by atomic mass is 16.2. The van der Waals surface area contributed by atoms with Gasteiger partial charge in [-0.3, -0.25) is 14.7 Å². The van der Waals surface area contributed by atoms with E-state index in [0.29, 0.717) is 0 Å². The molecule has 0 spiro atoms. The Bertz CT molecular complexity index is 574. The smallest absolute Gasteiger partial charge is 0.240 e. The van der Waals surface area contributed by atoms with E-state index in [1.807, 2.05) is 19.1 Å². The van der Waals surface area contributed by atoms with Crippen LogP contribution >= 0.6 is 0 Å². The Morgan fingerprint density at radius 1 is 1.16 bits per heavy atom. The fourth-order valence-corrected chi connectivity index (χ4v) is 4.58. The van der Waals surface area contributed by atoms with E-state index in [9.17, 15) is 4.79 Å². The lowest BCUT2D eigenvalue weighted by Gasteiger charge is -2.47. The van der Waals surface area contributed by atoms with E-state index in [0.717, 1.165) is 43.7 Å². The number of carbonyl (C=O) groups excluding carboxylic acids is 1. The topological polar surface area (TPSA) is 45.2 Å². The SMILES string of the molecule is Cc1cccc(C[C@H](C)NC(=O)C2(N3CCCCC3)CCCCC2)n1. The van der Waals surface area contributed by atoms with Crippen LogP contribution in [0.4, 0.5) is 0 Å². The number of nitrogens with zero attached hydrogens (tertiary/aromatic N) is 2. The number of pyridine rings is 1. The maximum Gasteiger partial charge on any atom is 0.240 e. The molecule has 1 saturated heterocycles. The van der Waals surface area contributed by atoms with Crippen molar-refractivity contribution in [3.8, 4) is 0 Å². The summed E-state index contributed by atoms with van der Waals surface area (Å²) >= 11 is 0. The minimum atomic E-state index is -0.257. The van der Waals surface area contributed by atoms with Crippen LogP contribution in [0.15, 0.2) is 18.2 Å². The van der Waals surface area contributed by atoms with Crippen LogP contribution in [0.25, 0.3) is 0 Å². The molecule has 0 radical (unpaired) electrons. The largest absolute Gasteiger partial charge is 0.352 e. The lowest BCUT2D eigenvalue weighted by Crippen LogP contribution is -2.62. The predicted molar refractivity (Wildman–Crippen MR) is 102 cm³/mol. The quantitative estimate of drug-likeness (QED) is 0.888.